The van der Waals surface area contributed by atoms with Gasteiger partial charge in [0.15, 0.2) is 0 Å². The van der Waals surface area contributed by atoms with Gasteiger partial charge in [0.2, 0.25) is 26.4 Å². The molecule has 1 saturated heterocycles. The lowest BCUT2D eigenvalue weighted by molar-refractivity contribution is -0.115. The van der Waals surface area contributed by atoms with Gasteiger partial charge in [0.25, 0.3) is 0 Å². The second-order valence-corrected chi connectivity index (χ2v) is 10.9. The molecule has 0 spiro atoms. The fourth-order valence-corrected chi connectivity index (χ4v) is 5.76. The highest BCUT2D eigenvalue weighted by atomic mass is 32.1. The van der Waals surface area contributed by atoms with Crippen LogP contribution >= 0.6 is 22.7 Å². The Morgan fingerprint density at radius 2 is 1.61 bits per heavy atom. The number of aldehydes is 1. The molecule has 0 aliphatic carbocycles. The van der Waals surface area contributed by atoms with Crippen LogP contribution in [0.3, 0.4) is 0 Å². The molecule has 5 rings (SSSR count). The van der Waals surface area contributed by atoms with E-state index >= 15 is 0 Å². The second kappa shape index (κ2) is 12.6. The molecular weight excluding hydrogens is 520 g/mol. The average Bonchev–Trinajstić information content (AvgIpc) is 3.60. The zero-order valence-electron chi connectivity index (χ0n) is 20.6. The Kier molecular flexibility index (Phi) is 8.51. The van der Waals surface area contributed by atoms with Crippen LogP contribution < -0.4 is 20.9 Å². The van der Waals surface area contributed by atoms with Crippen molar-refractivity contribution in [3.63, 3.8) is 0 Å². The Hall–Kier alpha value is -3.90. The van der Waals surface area contributed by atoms with Crippen LogP contribution in [0.1, 0.15) is 29.9 Å². The molecule has 0 saturated carbocycles. The van der Waals surface area contributed by atoms with Crippen LogP contribution in [-0.4, -0.2) is 58.3 Å². The maximum atomic E-state index is 12.3. The number of piperidine rings is 1. The largest absolute Gasteiger partial charge is 0.359 e. The highest BCUT2D eigenvalue weighted by Crippen LogP contribution is 2.29. The fraction of sp³-hybridized carbons (Fsp3) is 0.308. The number of anilines is 4. The molecule has 0 bridgehead atoms. The van der Waals surface area contributed by atoms with Crippen LogP contribution in [0.15, 0.2) is 60.7 Å². The van der Waals surface area contributed by atoms with Crippen molar-refractivity contribution in [3.8, 4) is 0 Å². The molecule has 1 aliphatic heterocycles. The van der Waals surface area contributed by atoms with E-state index in [1.165, 1.54) is 22.7 Å². The summed E-state index contributed by atoms with van der Waals surface area (Å²) in [4.78, 5) is 26.1. The van der Waals surface area contributed by atoms with Crippen molar-refractivity contribution >= 4 is 55.4 Å². The van der Waals surface area contributed by atoms with Crippen molar-refractivity contribution < 1.29 is 9.59 Å². The van der Waals surface area contributed by atoms with E-state index in [2.05, 4.69) is 41.2 Å². The van der Waals surface area contributed by atoms with Gasteiger partial charge in [-0.1, -0.05) is 83.3 Å². The quantitative estimate of drug-likeness (QED) is 0.238. The molecular formula is C26H28N8O2S2. The summed E-state index contributed by atoms with van der Waals surface area (Å²) in [5, 5.41) is 29.2. The van der Waals surface area contributed by atoms with Crippen molar-refractivity contribution in [1.82, 2.24) is 20.4 Å². The van der Waals surface area contributed by atoms with Crippen LogP contribution in [0, 0.1) is 0 Å². The molecule has 2 aromatic heterocycles. The minimum Gasteiger partial charge on any atom is -0.359 e. The maximum absolute atomic E-state index is 12.3. The summed E-state index contributed by atoms with van der Waals surface area (Å²) < 4.78 is 0. The standard InChI is InChI=1S/C26H28N8O2S2/c35-17-20(19-9-5-2-6-10-19)16-27-23-30-33-26(38-23)34-13-11-21(12-14-34)28-24-31-32-25(37-24)29-22(36)15-18-7-3-1-4-8-18/h1-10,17,20-21H,11-16H2,(H,27,30)(H,28,31)(H,29,32,36). The highest BCUT2D eigenvalue weighted by Gasteiger charge is 2.23. The van der Waals surface area contributed by atoms with Gasteiger partial charge in [0.1, 0.15) is 6.29 Å². The van der Waals surface area contributed by atoms with Gasteiger partial charge in [-0.3, -0.25) is 4.79 Å². The summed E-state index contributed by atoms with van der Waals surface area (Å²) in [5.74, 6) is -0.344. The third-order valence-corrected chi connectivity index (χ3v) is 7.96. The van der Waals surface area contributed by atoms with Crippen molar-refractivity contribution in [2.75, 3.05) is 40.5 Å². The van der Waals surface area contributed by atoms with Gasteiger partial charge in [-0.05, 0) is 24.0 Å². The molecule has 0 radical (unpaired) electrons. The normalized spacial score (nSPS) is 14.6. The zero-order chi connectivity index (χ0) is 26.2. The summed E-state index contributed by atoms with van der Waals surface area (Å²) in [5.41, 5.74) is 1.93. The van der Waals surface area contributed by atoms with Crippen molar-refractivity contribution in [1.29, 1.82) is 0 Å². The summed E-state index contributed by atoms with van der Waals surface area (Å²) in [6.07, 6.45) is 3.09. The number of rotatable bonds is 11. The van der Waals surface area contributed by atoms with E-state index in [-0.39, 0.29) is 17.9 Å². The average molecular weight is 549 g/mol. The van der Waals surface area contributed by atoms with Gasteiger partial charge in [0, 0.05) is 25.7 Å². The molecule has 38 heavy (non-hydrogen) atoms. The molecule has 10 nitrogen and oxygen atoms in total. The lowest BCUT2D eigenvalue weighted by Gasteiger charge is -2.31. The molecule has 12 heteroatoms. The third-order valence-electron chi connectivity index (χ3n) is 6.25. The van der Waals surface area contributed by atoms with Gasteiger partial charge in [-0.2, -0.15) is 0 Å². The van der Waals surface area contributed by atoms with Crippen LogP contribution in [0.4, 0.5) is 20.5 Å². The summed E-state index contributed by atoms with van der Waals surface area (Å²) in [7, 11) is 0. The first-order chi connectivity index (χ1) is 18.7. The SMILES string of the molecule is O=CC(CNc1nnc(N2CCC(Nc3nnc(NC(=O)Cc4ccccc4)s3)CC2)s1)c1ccccc1. The predicted octanol–water partition coefficient (Wildman–Crippen LogP) is 4.05. The number of hydrogen-bond acceptors (Lipinski definition) is 11. The van der Waals surface area contributed by atoms with E-state index in [4.69, 9.17) is 0 Å². The summed E-state index contributed by atoms with van der Waals surface area (Å²) in [6, 6.07) is 19.6. The number of aromatic nitrogens is 4. The summed E-state index contributed by atoms with van der Waals surface area (Å²) >= 11 is 2.84. The number of amides is 1. The molecule has 1 unspecified atom stereocenters. The smallest absolute Gasteiger partial charge is 0.230 e. The molecule has 2 aromatic carbocycles. The van der Waals surface area contributed by atoms with Gasteiger partial charge in [-0.25, -0.2) is 0 Å². The zero-order valence-corrected chi connectivity index (χ0v) is 22.3. The lowest BCUT2D eigenvalue weighted by Crippen LogP contribution is -2.39. The Labute approximate surface area is 228 Å². The molecule has 4 aromatic rings. The first-order valence-corrected chi connectivity index (χ1v) is 14.1. The topological polar surface area (TPSA) is 125 Å². The fourth-order valence-electron chi connectivity index (χ4n) is 4.22. The number of carbonyl (C=O) groups excluding carboxylic acids is 2. The van der Waals surface area contributed by atoms with E-state index in [0.717, 1.165) is 48.5 Å². The van der Waals surface area contributed by atoms with E-state index in [1.54, 1.807) is 0 Å². The molecule has 196 valence electrons. The Morgan fingerprint density at radius 1 is 0.921 bits per heavy atom. The van der Waals surface area contributed by atoms with Gasteiger partial charge in [0.05, 0.1) is 12.3 Å². The van der Waals surface area contributed by atoms with E-state index in [1.807, 2.05) is 60.7 Å². The van der Waals surface area contributed by atoms with E-state index in [9.17, 15) is 9.59 Å². The van der Waals surface area contributed by atoms with Crippen LogP contribution in [0.25, 0.3) is 0 Å². The minimum absolute atomic E-state index is 0.111. The molecule has 3 N–H and O–H groups in total. The first-order valence-electron chi connectivity index (χ1n) is 12.4. The van der Waals surface area contributed by atoms with E-state index < -0.39 is 0 Å². The highest BCUT2D eigenvalue weighted by molar-refractivity contribution is 7.19. The van der Waals surface area contributed by atoms with Crippen molar-refractivity contribution in [2.45, 2.75) is 31.2 Å². The predicted molar refractivity (Wildman–Crippen MR) is 151 cm³/mol. The van der Waals surface area contributed by atoms with E-state index in [0.29, 0.717) is 28.4 Å². The van der Waals surface area contributed by atoms with Crippen LogP contribution in [0.2, 0.25) is 0 Å². The Bertz CT molecular complexity index is 1320. The molecule has 3 heterocycles. The van der Waals surface area contributed by atoms with Crippen molar-refractivity contribution in [2.24, 2.45) is 0 Å². The molecule has 1 amide bonds. The number of nitrogens with one attached hydrogen (secondary N) is 3. The Morgan fingerprint density at radius 3 is 2.34 bits per heavy atom. The summed E-state index contributed by atoms with van der Waals surface area (Å²) in [6.45, 7) is 2.16. The first kappa shape index (κ1) is 25.7. The number of nitrogens with zero attached hydrogens (tertiary/aromatic N) is 5. The monoisotopic (exact) mass is 548 g/mol. The lowest BCUT2D eigenvalue weighted by atomic mass is 10.0. The molecule has 1 aliphatic rings. The number of benzene rings is 2. The number of hydrogen-bond donors (Lipinski definition) is 3. The number of carbonyl (C=O) groups is 2. The molecule has 1 atom stereocenters. The third kappa shape index (κ3) is 6.90. The van der Waals surface area contributed by atoms with Gasteiger partial charge >= 0.3 is 0 Å². The van der Waals surface area contributed by atoms with Gasteiger partial charge in [-0.15, -0.1) is 20.4 Å². The van der Waals surface area contributed by atoms with Gasteiger partial charge < -0.3 is 25.6 Å². The van der Waals surface area contributed by atoms with Crippen LogP contribution in [-0.2, 0) is 16.0 Å². The maximum Gasteiger partial charge on any atom is 0.230 e. The van der Waals surface area contributed by atoms with Crippen LogP contribution in [0.5, 0.6) is 0 Å². The second-order valence-electron chi connectivity index (χ2n) is 8.95. The Balaban J connectivity index is 1.06. The van der Waals surface area contributed by atoms with Crippen molar-refractivity contribution in [3.05, 3.63) is 71.8 Å². The minimum atomic E-state index is -0.233. The molecule has 1 fully saturated rings.